The van der Waals surface area contributed by atoms with Gasteiger partial charge in [0.15, 0.2) is 9.84 Å². The van der Waals surface area contributed by atoms with E-state index in [9.17, 15) is 16.8 Å². The zero-order valence-electron chi connectivity index (χ0n) is 12.7. The first-order chi connectivity index (χ1) is 9.61. The maximum atomic E-state index is 11.8. The second-order valence-electron chi connectivity index (χ2n) is 4.93. The van der Waals surface area contributed by atoms with E-state index >= 15 is 0 Å². The van der Waals surface area contributed by atoms with E-state index in [2.05, 4.69) is 10.0 Å². The Kier molecular flexibility index (Phi) is 5.77. The quantitative estimate of drug-likeness (QED) is 0.780. The van der Waals surface area contributed by atoms with Gasteiger partial charge in [-0.3, -0.25) is 0 Å². The molecule has 1 unspecified atom stereocenters. The first-order valence-electron chi connectivity index (χ1n) is 6.62. The van der Waals surface area contributed by atoms with Gasteiger partial charge in [0, 0.05) is 17.5 Å². The average Bonchev–Trinajstić information content (AvgIpc) is 2.40. The maximum absolute atomic E-state index is 11.8. The molecule has 0 radical (unpaired) electrons. The van der Waals surface area contributed by atoms with Crippen LogP contribution < -0.4 is 10.0 Å². The summed E-state index contributed by atoms with van der Waals surface area (Å²) < 4.78 is 49.1. The van der Waals surface area contributed by atoms with Gasteiger partial charge in [0.25, 0.3) is 0 Å². The topological polar surface area (TPSA) is 92.3 Å². The lowest BCUT2D eigenvalue weighted by Gasteiger charge is -2.17. The van der Waals surface area contributed by atoms with Crippen LogP contribution in [0.25, 0.3) is 0 Å². The van der Waals surface area contributed by atoms with Crippen LogP contribution in [0, 0.1) is 6.92 Å². The van der Waals surface area contributed by atoms with Gasteiger partial charge >= 0.3 is 0 Å². The Bertz CT molecular complexity index is 697. The number of aryl methyl sites for hydroxylation is 1. The number of anilines is 1. The van der Waals surface area contributed by atoms with Gasteiger partial charge < -0.3 is 5.32 Å². The van der Waals surface area contributed by atoms with Crippen LogP contribution in [0.3, 0.4) is 0 Å². The van der Waals surface area contributed by atoms with Crippen molar-refractivity contribution in [3.63, 3.8) is 0 Å². The number of sulfonamides is 1. The van der Waals surface area contributed by atoms with Gasteiger partial charge in [-0.1, -0.05) is 13.0 Å². The summed E-state index contributed by atoms with van der Waals surface area (Å²) in [5.74, 6) is 0.0954. The fraction of sp³-hybridized carbons (Fsp3) is 0.538. The van der Waals surface area contributed by atoms with E-state index in [1.54, 1.807) is 19.9 Å². The van der Waals surface area contributed by atoms with E-state index in [0.29, 0.717) is 5.69 Å². The van der Waals surface area contributed by atoms with Crippen molar-refractivity contribution >= 4 is 25.5 Å². The van der Waals surface area contributed by atoms with E-state index in [-0.39, 0.29) is 22.4 Å². The zero-order valence-corrected chi connectivity index (χ0v) is 14.3. The number of nitrogens with one attached hydrogen (secondary N) is 2. The van der Waals surface area contributed by atoms with Crippen LogP contribution in [-0.4, -0.2) is 41.4 Å². The average molecular weight is 334 g/mol. The van der Waals surface area contributed by atoms with Crippen LogP contribution in [0.4, 0.5) is 5.69 Å². The van der Waals surface area contributed by atoms with Gasteiger partial charge in [-0.05, 0) is 38.6 Å². The van der Waals surface area contributed by atoms with Crippen LogP contribution >= 0.6 is 0 Å². The Hall–Kier alpha value is -1.12. The lowest BCUT2D eigenvalue weighted by Crippen LogP contribution is -2.27. The van der Waals surface area contributed by atoms with E-state index in [1.165, 1.54) is 19.2 Å². The van der Waals surface area contributed by atoms with Gasteiger partial charge in [-0.15, -0.1) is 0 Å². The fourth-order valence-corrected chi connectivity index (χ4v) is 3.68. The third-order valence-electron chi connectivity index (χ3n) is 3.13. The Morgan fingerprint density at radius 2 is 1.81 bits per heavy atom. The van der Waals surface area contributed by atoms with Gasteiger partial charge in [0.1, 0.15) is 0 Å². The Morgan fingerprint density at radius 3 is 2.33 bits per heavy atom. The molecule has 0 bridgehead atoms. The van der Waals surface area contributed by atoms with Crippen LogP contribution in [0.15, 0.2) is 23.1 Å². The van der Waals surface area contributed by atoms with Gasteiger partial charge in [-0.2, -0.15) is 0 Å². The van der Waals surface area contributed by atoms with Crippen molar-refractivity contribution in [1.82, 2.24) is 4.72 Å². The number of sulfone groups is 1. The second kappa shape index (κ2) is 6.76. The molecule has 8 heteroatoms. The largest absolute Gasteiger partial charge is 0.381 e. The fourth-order valence-electron chi connectivity index (χ4n) is 1.85. The summed E-state index contributed by atoms with van der Waals surface area (Å²) in [6.45, 7) is 5.19. The van der Waals surface area contributed by atoms with Crippen molar-refractivity contribution < 1.29 is 16.8 Å². The summed E-state index contributed by atoms with van der Waals surface area (Å²) in [5, 5.41) is 3.07. The summed E-state index contributed by atoms with van der Waals surface area (Å²) in [6, 6.07) is 4.41. The molecule has 1 rings (SSSR count). The highest BCUT2D eigenvalue weighted by molar-refractivity contribution is 7.91. The van der Waals surface area contributed by atoms with E-state index < -0.39 is 19.9 Å². The lowest BCUT2D eigenvalue weighted by atomic mass is 10.2. The van der Waals surface area contributed by atoms with E-state index in [1.807, 2.05) is 6.92 Å². The predicted octanol–water partition coefficient (Wildman–Crippen LogP) is 1.14. The SMILES string of the molecule is CCS(=O)(=O)CC(C)Nc1cc(S(=O)(=O)NC)ccc1C. The molecule has 120 valence electrons. The Balaban J connectivity index is 3.01. The maximum Gasteiger partial charge on any atom is 0.240 e. The van der Waals surface area contributed by atoms with Crippen LogP contribution in [-0.2, 0) is 19.9 Å². The standard InChI is InChI=1S/C13H22N2O4S2/c1-5-20(16,17)9-11(3)15-13-8-12(7-6-10(13)2)21(18,19)14-4/h6-8,11,14-15H,5,9H2,1-4H3. The van der Waals surface area contributed by atoms with Crippen LogP contribution in [0.1, 0.15) is 19.4 Å². The molecule has 0 aliphatic carbocycles. The molecule has 0 spiro atoms. The van der Waals surface area contributed by atoms with Crippen molar-refractivity contribution in [3.05, 3.63) is 23.8 Å². The molecule has 0 saturated heterocycles. The first-order valence-corrected chi connectivity index (χ1v) is 9.93. The highest BCUT2D eigenvalue weighted by Crippen LogP contribution is 2.21. The number of rotatable bonds is 7. The summed E-state index contributed by atoms with van der Waals surface area (Å²) in [6.07, 6.45) is 0. The molecule has 0 saturated carbocycles. The molecule has 0 fully saturated rings. The summed E-state index contributed by atoms with van der Waals surface area (Å²) in [5.41, 5.74) is 1.47. The van der Waals surface area contributed by atoms with Crippen molar-refractivity contribution in [2.75, 3.05) is 23.9 Å². The molecule has 1 atom stereocenters. The normalized spacial score (nSPS) is 13.9. The zero-order chi connectivity index (χ0) is 16.3. The number of benzene rings is 1. The number of hydrogen-bond acceptors (Lipinski definition) is 5. The summed E-state index contributed by atoms with van der Waals surface area (Å²) in [7, 11) is -5.26. The smallest absolute Gasteiger partial charge is 0.240 e. The molecule has 0 aliphatic rings. The second-order valence-corrected chi connectivity index (χ2v) is 9.21. The van der Waals surface area contributed by atoms with Crippen LogP contribution in [0.2, 0.25) is 0 Å². The van der Waals surface area contributed by atoms with Crippen LogP contribution in [0.5, 0.6) is 0 Å². The summed E-state index contributed by atoms with van der Waals surface area (Å²) >= 11 is 0. The Morgan fingerprint density at radius 1 is 1.19 bits per heavy atom. The minimum absolute atomic E-state index is 0.00590. The molecule has 1 aromatic carbocycles. The molecule has 0 amide bonds. The highest BCUT2D eigenvalue weighted by Gasteiger charge is 2.16. The third-order valence-corrected chi connectivity index (χ3v) is 6.43. The molecule has 0 aliphatic heterocycles. The van der Waals surface area contributed by atoms with Crippen molar-refractivity contribution in [2.45, 2.75) is 31.7 Å². The molecule has 2 N–H and O–H groups in total. The monoisotopic (exact) mass is 334 g/mol. The van der Waals surface area contributed by atoms with Crippen molar-refractivity contribution in [1.29, 1.82) is 0 Å². The van der Waals surface area contributed by atoms with E-state index in [4.69, 9.17) is 0 Å². The Labute approximate surface area is 126 Å². The molecule has 6 nitrogen and oxygen atoms in total. The van der Waals surface area contributed by atoms with Gasteiger partial charge in [0.05, 0.1) is 10.6 Å². The molecule has 21 heavy (non-hydrogen) atoms. The molecule has 1 aromatic rings. The van der Waals surface area contributed by atoms with Gasteiger partial charge in [0.2, 0.25) is 10.0 Å². The molecule has 0 heterocycles. The highest BCUT2D eigenvalue weighted by atomic mass is 32.2. The third kappa shape index (κ3) is 4.98. The number of hydrogen-bond donors (Lipinski definition) is 2. The molecular formula is C13H22N2O4S2. The lowest BCUT2D eigenvalue weighted by molar-refractivity contribution is 0.587. The van der Waals surface area contributed by atoms with E-state index in [0.717, 1.165) is 5.56 Å². The minimum Gasteiger partial charge on any atom is -0.381 e. The molecule has 0 aromatic heterocycles. The molecular weight excluding hydrogens is 312 g/mol. The summed E-state index contributed by atoms with van der Waals surface area (Å²) in [4.78, 5) is 0.142. The first kappa shape index (κ1) is 17.9. The predicted molar refractivity (Wildman–Crippen MR) is 84.8 cm³/mol. The van der Waals surface area contributed by atoms with Gasteiger partial charge in [-0.25, -0.2) is 21.6 Å². The van der Waals surface area contributed by atoms with Crippen molar-refractivity contribution in [3.8, 4) is 0 Å². The van der Waals surface area contributed by atoms with Crippen molar-refractivity contribution in [2.24, 2.45) is 0 Å². The minimum atomic E-state index is -3.52.